The molecule has 2 heterocycles. The van der Waals surface area contributed by atoms with Gasteiger partial charge >= 0.3 is 0 Å². The van der Waals surface area contributed by atoms with Crippen LogP contribution in [-0.4, -0.2) is 54.6 Å². The van der Waals surface area contributed by atoms with E-state index >= 15 is 0 Å². The van der Waals surface area contributed by atoms with Gasteiger partial charge in [-0.25, -0.2) is 0 Å². The molecule has 1 amide bonds. The van der Waals surface area contributed by atoms with Gasteiger partial charge in [-0.05, 0) is 36.1 Å². The van der Waals surface area contributed by atoms with Crippen molar-refractivity contribution in [3.8, 4) is 0 Å². The van der Waals surface area contributed by atoms with Crippen molar-refractivity contribution in [2.24, 2.45) is 0 Å². The lowest BCUT2D eigenvalue weighted by atomic mass is 10.1. The van der Waals surface area contributed by atoms with Crippen LogP contribution in [0, 0.1) is 0 Å². The number of carbonyl (C=O) groups excluding carboxylic acids is 1. The molecule has 5 nitrogen and oxygen atoms in total. The molecule has 29 heavy (non-hydrogen) atoms. The largest absolute Gasteiger partial charge is 0.379 e. The van der Waals surface area contributed by atoms with E-state index < -0.39 is 0 Å². The summed E-state index contributed by atoms with van der Waals surface area (Å²) in [5.41, 5.74) is 3.77. The summed E-state index contributed by atoms with van der Waals surface area (Å²) < 4.78 is 5.45. The Hall–Kier alpha value is -2.21. The summed E-state index contributed by atoms with van der Waals surface area (Å²) in [4.78, 5) is 17.7. The minimum absolute atomic E-state index is 0.0263. The molecule has 0 aliphatic carbocycles. The van der Waals surface area contributed by atoms with Crippen LogP contribution in [0.1, 0.15) is 29.5 Å². The Morgan fingerprint density at radius 1 is 0.931 bits per heavy atom. The molecule has 2 aliphatic rings. The second-order valence-electron chi connectivity index (χ2n) is 7.99. The number of nitrogens with zero attached hydrogens (tertiary/aromatic N) is 2. The van der Waals surface area contributed by atoms with Crippen LogP contribution in [0.4, 0.5) is 0 Å². The average molecular weight is 394 g/mol. The van der Waals surface area contributed by atoms with Crippen LogP contribution in [0.3, 0.4) is 0 Å². The molecule has 1 N–H and O–H groups in total. The summed E-state index contributed by atoms with van der Waals surface area (Å²) in [6, 6.07) is 18.8. The van der Waals surface area contributed by atoms with Gasteiger partial charge in [0.15, 0.2) is 0 Å². The van der Waals surface area contributed by atoms with Crippen molar-refractivity contribution in [2.75, 3.05) is 32.8 Å². The molecule has 1 atom stereocenters. The summed E-state index contributed by atoms with van der Waals surface area (Å²) in [5, 5.41) is 3.21. The van der Waals surface area contributed by atoms with Gasteiger partial charge in [0.2, 0.25) is 5.91 Å². The molecule has 0 spiro atoms. The fourth-order valence-corrected chi connectivity index (χ4v) is 4.31. The third kappa shape index (κ3) is 5.44. The van der Waals surface area contributed by atoms with Crippen molar-refractivity contribution in [2.45, 2.75) is 38.5 Å². The van der Waals surface area contributed by atoms with Gasteiger partial charge < -0.3 is 10.1 Å². The van der Waals surface area contributed by atoms with Gasteiger partial charge in [0.25, 0.3) is 0 Å². The number of nitrogens with one attached hydrogen (secondary N) is 1. The van der Waals surface area contributed by atoms with E-state index in [1.807, 2.05) is 6.07 Å². The van der Waals surface area contributed by atoms with E-state index in [0.717, 1.165) is 58.8 Å². The Morgan fingerprint density at radius 2 is 1.66 bits per heavy atom. The molecule has 2 aromatic rings. The van der Waals surface area contributed by atoms with Gasteiger partial charge in [-0.2, -0.15) is 0 Å². The number of likely N-dealkylation sites (tertiary alicyclic amines) is 1. The average Bonchev–Trinajstić information content (AvgIpc) is 3.22. The van der Waals surface area contributed by atoms with E-state index in [-0.39, 0.29) is 11.9 Å². The Labute approximate surface area is 173 Å². The highest BCUT2D eigenvalue weighted by molar-refractivity contribution is 5.82. The van der Waals surface area contributed by atoms with Crippen LogP contribution in [0.2, 0.25) is 0 Å². The lowest BCUT2D eigenvalue weighted by Crippen LogP contribution is -2.42. The number of carbonyl (C=O) groups is 1. The zero-order valence-electron chi connectivity index (χ0n) is 17.1. The molecular formula is C24H31N3O2. The molecule has 2 saturated heterocycles. The first-order chi connectivity index (χ1) is 14.3. The van der Waals surface area contributed by atoms with E-state index in [0.29, 0.717) is 6.54 Å². The fraction of sp³-hybridized carbons (Fsp3) is 0.458. The molecule has 0 bridgehead atoms. The van der Waals surface area contributed by atoms with Gasteiger partial charge in [-0.1, -0.05) is 54.6 Å². The molecule has 2 fully saturated rings. The SMILES string of the molecule is O=C(NCc1ccccc1CN1CCOCC1)C1CCCN1Cc1ccccc1. The van der Waals surface area contributed by atoms with Crippen LogP contribution in [0.25, 0.3) is 0 Å². The Kier molecular flexibility index (Phi) is 6.93. The first-order valence-corrected chi connectivity index (χ1v) is 10.7. The monoisotopic (exact) mass is 393 g/mol. The van der Waals surface area contributed by atoms with Gasteiger partial charge in [-0.15, -0.1) is 0 Å². The van der Waals surface area contributed by atoms with Gasteiger partial charge in [0, 0.05) is 32.7 Å². The van der Waals surface area contributed by atoms with E-state index in [1.165, 1.54) is 16.7 Å². The zero-order chi connectivity index (χ0) is 19.9. The smallest absolute Gasteiger partial charge is 0.237 e. The topological polar surface area (TPSA) is 44.8 Å². The summed E-state index contributed by atoms with van der Waals surface area (Å²) >= 11 is 0. The van der Waals surface area contributed by atoms with Crippen molar-refractivity contribution < 1.29 is 9.53 Å². The number of hydrogen-bond donors (Lipinski definition) is 1. The number of amides is 1. The molecule has 2 aromatic carbocycles. The standard InChI is InChI=1S/C24H31N3O2/c28-24(23-11-6-12-27(23)18-20-7-2-1-3-8-20)25-17-21-9-4-5-10-22(21)19-26-13-15-29-16-14-26/h1-5,7-10,23H,6,11-19H2,(H,25,28). The van der Waals surface area contributed by atoms with Crippen molar-refractivity contribution in [3.63, 3.8) is 0 Å². The molecule has 0 radical (unpaired) electrons. The van der Waals surface area contributed by atoms with E-state index in [4.69, 9.17) is 4.74 Å². The van der Waals surface area contributed by atoms with Crippen LogP contribution >= 0.6 is 0 Å². The van der Waals surface area contributed by atoms with E-state index in [2.05, 4.69) is 63.6 Å². The van der Waals surface area contributed by atoms with Crippen LogP contribution in [0.15, 0.2) is 54.6 Å². The van der Waals surface area contributed by atoms with Crippen molar-refractivity contribution in [1.29, 1.82) is 0 Å². The van der Waals surface area contributed by atoms with Crippen LogP contribution in [-0.2, 0) is 29.2 Å². The second-order valence-corrected chi connectivity index (χ2v) is 7.99. The lowest BCUT2D eigenvalue weighted by molar-refractivity contribution is -0.125. The summed E-state index contributed by atoms with van der Waals surface area (Å²) in [5.74, 6) is 0.152. The first kappa shape index (κ1) is 20.1. The normalized spacial score (nSPS) is 20.6. The minimum Gasteiger partial charge on any atom is -0.379 e. The molecule has 1 unspecified atom stereocenters. The first-order valence-electron chi connectivity index (χ1n) is 10.7. The predicted molar refractivity (Wildman–Crippen MR) is 114 cm³/mol. The van der Waals surface area contributed by atoms with Crippen molar-refractivity contribution in [1.82, 2.24) is 15.1 Å². The molecule has 154 valence electrons. The molecule has 5 heteroatoms. The minimum atomic E-state index is -0.0263. The van der Waals surface area contributed by atoms with Crippen LogP contribution in [0.5, 0.6) is 0 Å². The third-order valence-corrected chi connectivity index (χ3v) is 5.96. The predicted octanol–water partition coefficient (Wildman–Crippen LogP) is 2.80. The van der Waals surface area contributed by atoms with Crippen molar-refractivity contribution in [3.05, 3.63) is 71.3 Å². The maximum atomic E-state index is 12.9. The van der Waals surface area contributed by atoms with Gasteiger partial charge in [-0.3, -0.25) is 14.6 Å². The number of hydrogen-bond acceptors (Lipinski definition) is 4. The second kappa shape index (κ2) is 10.0. The Balaban J connectivity index is 1.34. The Morgan fingerprint density at radius 3 is 2.45 bits per heavy atom. The maximum Gasteiger partial charge on any atom is 0.237 e. The highest BCUT2D eigenvalue weighted by Crippen LogP contribution is 2.21. The highest BCUT2D eigenvalue weighted by atomic mass is 16.5. The van der Waals surface area contributed by atoms with Gasteiger partial charge in [0.05, 0.1) is 19.3 Å². The molecule has 2 aliphatic heterocycles. The molecule has 0 aromatic heterocycles. The summed E-state index contributed by atoms with van der Waals surface area (Å²) in [7, 11) is 0. The number of rotatable bonds is 7. The van der Waals surface area contributed by atoms with Gasteiger partial charge in [0.1, 0.15) is 0 Å². The highest BCUT2D eigenvalue weighted by Gasteiger charge is 2.30. The zero-order valence-corrected chi connectivity index (χ0v) is 17.1. The maximum absolute atomic E-state index is 12.9. The molecule has 4 rings (SSSR count). The number of morpholine rings is 1. The number of ether oxygens (including phenoxy) is 1. The van der Waals surface area contributed by atoms with Crippen molar-refractivity contribution >= 4 is 5.91 Å². The summed E-state index contributed by atoms with van der Waals surface area (Å²) in [6.07, 6.45) is 2.02. The van der Waals surface area contributed by atoms with E-state index in [9.17, 15) is 4.79 Å². The fourth-order valence-electron chi connectivity index (χ4n) is 4.31. The lowest BCUT2D eigenvalue weighted by Gasteiger charge is -2.27. The molecule has 0 saturated carbocycles. The molecular weight excluding hydrogens is 362 g/mol. The Bertz CT molecular complexity index is 790. The quantitative estimate of drug-likeness (QED) is 0.786. The van der Waals surface area contributed by atoms with E-state index in [1.54, 1.807) is 0 Å². The summed E-state index contributed by atoms with van der Waals surface area (Å²) in [6.45, 7) is 6.88. The third-order valence-electron chi connectivity index (χ3n) is 5.96. The van der Waals surface area contributed by atoms with Crippen LogP contribution < -0.4 is 5.32 Å². The number of benzene rings is 2.